The highest BCUT2D eigenvalue weighted by Crippen LogP contribution is 2.21. The zero-order chi connectivity index (χ0) is 17.8. The molecule has 0 saturated heterocycles. The van der Waals surface area contributed by atoms with Crippen molar-refractivity contribution in [2.24, 2.45) is 5.73 Å². The fraction of sp³-hybridized carbons (Fsp3) is 0.111. The fourth-order valence-corrected chi connectivity index (χ4v) is 2.36. The van der Waals surface area contributed by atoms with Crippen molar-refractivity contribution in [2.75, 3.05) is 0 Å². The molecule has 0 spiro atoms. The van der Waals surface area contributed by atoms with Crippen molar-refractivity contribution in [1.29, 1.82) is 0 Å². The number of urea groups is 1. The average molecular weight is 336 g/mol. The van der Waals surface area contributed by atoms with E-state index in [2.05, 4.69) is 15.5 Å². The molecule has 1 aromatic heterocycles. The Balaban J connectivity index is 1.86. The van der Waals surface area contributed by atoms with Crippen molar-refractivity contribution < 1.29 is 14.1 Å². The van der Waals surface area contributed by atoms with E-state index in [1.54, 1.807) is 43.3 Å². The molecule has 2 aromatic carbocycles. The minimum atomic E-state index is -0.672. The van der Waals surface area contributed by atoms with E-state index in [9.17, 15) is 9.59 Å². The van der Waals surface area contributed by atoms with Crippen molar-refractivity contribution in [3.63, 3.8) is 0 Å². The highest BCUT2D eigenvalue weighted by molar-refractivity contribution is 6.09. The minimum Gasteiger partial charge on any atom is -0.352 e. The molecular formula is C18H16N4O3. The summed E-state index contributed by atoms with van der Waals surface area (Å²) in [7, 11) is 0. The molecule has 7 heteroatoms. The Morgan fingerprint density at radius 2 is 1.80 bits per heavy atom. The molecule has 126 valence electrons. The molecule has 0 radical (unpaired) electrons. The Hall–Kier alpha value is -3.48. The van der Waals surface area contributed by atoms with Gasteiger partial charge in [-0.25, -0.2) is 4.79 Å². The lowest BCUT2D eigenvalue weighted by atomic mass is 10.0. The number of amides is 2. The summed E-state index contributed by atoms with van der Waals surface area (Å²) in [5.74, 6) is 0.468. The van der Waals surface area contributed by atoms with Gasteiger partial charge in [-0.1, -0.05) is 47.6 Å². The van der Waals surface area contributed by atoms with E-state index in [4.69, 9.17) is 10.3 Å². The Labute approximate surface area is 143 Å². The summed E-state index contributed by atoms with van der Waals surface area (Å²) in [6.07, 6.45) is 0. The monoisotopic (exact) mass is 336 g/mol. The van der Waals surface area contributed by atoms with Gasteiger partial charge in [0.1, 0.15) is 0 Å². The van der Waals surface area contributed by atoms with Crippen molar-refractivity contribution in [3.05, 3.63) is 71.5 Å². The predicted molar refractivity (Wildman–Crippen MR) is 90.7 cm³/mol. The van der Waals surface area contributed by atoms with E-state index in [-0.39, 0.29) is 11.7 Å². The number of carbonyl (C=O) groups excluding carboxylic acids is 2. The van der Waals surface area contributed by atoms with Gasteiger partial charge in [-0.2, -0.15) is 4.98 Å². The molecule has 0 aliphatic carbocycles. The van der Waals surface area contributed by atoms with E-state index in [0.717, 1.165) is 0 Å². The van der Waals surface area contributed by atoms with Crippen LogP contribution >= 0.6 is 0 Å². The Kier molecular flexibility index (Phi) is 4.56. The summed E-state index contributed by atoms with van der Waals surface area (Å²) in [6, 6.07) is 14.8. The summed E-state index contributed by atoms with van der Waals surface area (Å²) >= 11 is 0. The number of ketones is 1. The number of nitrogens with two attached hydrogens (primary N) is 1. The highest BCUT2D eigenvalue weighted by atomic mass is 16.5. The lowest BCUT2D eigenvalue weighted by molar-refractivity contribution is 0.103. The van der Waals surface area contributed by atoms with Gasteiger partial charge in [0.05, 0.1) is 6.04 Å². The lowest BCUT2D eigenvalue weighted by Crippen LogP contribution is -2.32. The number of hydrogen-bond acceptors (Lipinski definition) is 5. The molecule has 25 heavy (non-hydrogen) atoms. The zero-order valence-electron chi connectivity index (χ0n) is 13.5. The van der Waals surface area contributed by atoms with Crippen LogP contribution in [0.4, 0.5) is 4.79 Å². The number of rotatable bonds is 5. The summed E-state index contributed by atoms with van der Waals surface area (Å²) in [5.41, 5.74) is 6.82. The van der Waals surface area contributed by atoms with Crippen LogP contribution in [-0.2, 0) is 0 Å². The molecule has 0 saturated carbocycles. The minimum absolute atomic E-state index is 0.0917. The standard InChI is InChI=1S/C18H16N4O3/c1-11(20-18(19)24)16-21-17(25-22-16)14-9-5-8-13(10-14)15(23)12-6-3-2-4-7-12/h2-11H,1H3,(H3,19,20,24). The third kappa shape index (κ3) is 3.72. The average Bonchev–Trinajstić information content (AvgIpc) is 3.12. The van der Waals surface area contributed by atoms with Crippen LogP contribution in [0.15, 0.2) is 59.1 Å². The second kappa shape index (κ2) is 6.96. The van der Waals surface area contributed by atoms with Gasteiger partial charge in [0, 0.05) is 16.7 Å². The normalized spacial score (nSPS) is 11.7. The van der Waals surface area contributed by atoms with Gasteiger partial charge in [0.15, 0.2) is 11.6 Å². The largest absolute Gasteiger partial charge is 0.352 e. The number of nitrogens with zero attached hydrogens (tertiary/aromatic N) is 2. The number of carbonyl (C=O) groups is 2. The molecule has 1 unspecified atom stereocenters. The van der Waals surface area contributed by atoms with Crippen LogP contribution in [0.2, 0.25) is 0 Å². The quantitative estimate of drug-likeness (QED) is 0.696. The Morgan fingerprint density at radius 3 is 2.52 bits per heavy atom. The number of aromatic nitrogens is 2. The van der Waals surface area contributed by atoms with E-state index in [1.807, 2.05) is 18.2 Å². The molecule has 3 N–H and O–H groups in total. The van der Waals surface area contributed by atoms with E-state index >= 15 is 0 Å². The van der Waals surface area contributed by atoms with E-state index in [0.29, 0.717) is 22.5 Å². The SMILES string of the molecule is CC(NC(N)=O)c1noc(-c2cccc(C(=O)c3ccccc3)c2)n1. The van der Waals surface area contributed by atoms with Gasteiger partial charge < -0.3 is 15.6 Å². The van der Waals surface area contributed by atoms with E-state index in [1.165, 1.54) is 0 Å². The molecule has 0 aliphatic heterocycles. The van der Waals surface area contributed by atoms with Crippen LogP contribution in [0.1, 0.15) is 34.7 Å². The number of nitrogens with one attached hydrogen (secondary N) is 1. The first-order valence-electron chi connectivity index (χ1n) is 7.64. The van der Waals surface area contributed by atoms with Crippen LogP contribution in [-0.4, -0.2) is 22.0 Å². The topological polar surface area (TPSA) is 111 Å². The molecule has 1 atom stereocenters. The Bertz CT molecular complexity index is 905. The fourth-order valence-electron chi connectivity index (χ4n) is 2.36. The molecule has 0 bridgehead atoms. The maximum Gasteiger partial charge on any atom is 0.312 e. The van der Waals surface area contributed by atoms with Gasteiger partial charge in [-0.05, 0) is 19.1 Å². The van der Waals surface area contributed by atoms with Gasteiger partial charge >= 0.3 is 6.03 Å². The van der Waals surface area contributed by atoms with Crippen LogP contribution in [0.25, 0.3) is 11.5 Å². The first-order valence-corrected chi connectivity index (χ1v) is 7.64. The van der Waals surface area contributed by atoms with Gasteiger partial charge in [0.2, 0.25) is 0 Å². The molecule has 3 rings (SSSR count). The molecule has 0 fully saturated rings. The van der Waals surface area contributed by atoms with Gasteiger partial charge in [-0.3, -0.25) is 4.79 Å². The van der Waals surface area contributed by atoms with Gasteiger partial charge in [-0.15, -0.1) is 0 Å². The van der Waals surface area contributed by atoms with Crippen LogP contribution < -0.4 is 11.1 Å². The molecule has 3 aromatic rings. The molecule has 0 aliphatic rings. The number of benzene rings is 2. The summed E-state index contributed by atoms with van der Waals surface area (Å²) in [6.45, 7) is 1.69. The summed E-state index contributed by atoms with van der Waals surface area (Å²) < 4.78 is 5.23. The summed E-state index contributed by atoms with van der Waals surface area (Å²) in [5, 5.41) is 6.31. The third-order valence-electron chi connectivity index (χ3n) is 3.60. The predicted octanol–water partition coefficient (Wildman–Crippen LogP) is 2.70. The third-order valence-corrected chi connectivity index (χ3v) is 3.60. The molecule has 2 amide bonds. The van der Waals surface area contributed by atoms with Crippen molar-refractivity contribution in [1.82, 2.24) is 15.5 Å². The molecular weight excluding hydrogens is 320 g/mol. The summed E-state index contributed by atoms with van der Waals surface area (Å²) in [4.78, 5) is 27.7. The van der Waals surface area contributed by atoms with Crippen molar-refractivity contribution in [3.8, 4) is 11.5 Å². The maximum absolute atomic E-state index is 12.5. The smallest absolute Gasteiger partial charge is 0.312 e. The maximum atomic E-state index is 12.5. The first kappa shape index (κ1) is 16.4. The second-order valence-electron chi connectivity index (χ2n) is 5.46. The number of primary amides is 1. The first-order chi connectivity index (χ1) is 12.0. The highest BCUT2D eigenvalue weighted by Gasteiger charge is 2.17. The van der Waals surface area contributed by atoms with Crippen LogP contribution in [0.5, 0.6) is 0 Å². The van der Waals surface area contributed by atoms with Crippen LogP contribution in [0, 0.1) is 0 Å². The second-order valence-corrected chi connectivity index (χ2v) is 5.46. The molecule has 1 heterocycles. The zero-order valence-corrected chi connectivity index (χ0v) is 13.5. The van der Waals surface area contributed by atoms with E-state index < -0.39 is 12.1 Å². The Morgan fingerprint density at radius 1 is 1.08 bits per heavy atom. The van der Waals surface area contributed by atoms with Crippen molar-refractivity contribution in [2.45, 2.75) is 13.0 Å². The van der Waals surface area contributed by atoms with Gasteiger partial charge in [0.25, 0.3) is 5.89 Å². The van der Waals surface area contributed by atoms with Crippen molar-refractivity contribution >= 4 is 11.8 Å². The molecule has 7 nitrogen and oxygen atoms in total. The lowest BCUT2D eigenvalue weighted by Gasteiger charge is -2.05. The number of hydrogen-bond donors (Lipinski definition) is 2. The van der Waals surface area contributed by atoms with Crippen LogP contribution in [0.3, 0.4) is 0 Å².